The molecule has 0 aromatic rings. The Morgan fingerprint density at radius 3 is 2.05 bits per heavy atom. The fourth-order valence-electron chi connectivity index (χ4n) is 3.00. The first-order valence-electron chi connectivity index (χ1n) is 8.43. The standard InChI is InChI=1S/C15H28N2O.C2H6/c1-15(2)6-10-17(11-7-15)14(18)12-13-4-8-16(3)9-5-13;1-2/h13H,4-12H2,1-3H3;1-2H3. The first-order chi connectivity index (χ1) is 9.46. The lowest BCUT2D eigenvalue weighted by molar-refractivity contribution is -0.134. The summed E-state index contributed by atoms with van der Waals surface area (Å²) in [5.74, 6) is 1.03. The highest BCUT2D eigenvalue weighted by atomic mass is 16.2. The molecule has 1 amide bonds. The highest BCUT2D eigenvalue weighted by molar-refractivity contribution is 5.76. The predicted molar refractivity (Wildman–Crippen MR) is 85.8 cm³/mol. The summed E-state index contributed by atoms with van der Waals surface area (Å²) in [7, 11) is 2.17. The Balaban J connectivity index is 0.000000956. The number of carbonyl (C=O) groups excluding carboxylic acids is 1. The van der Waals surface area contributed by atoms with Gasteiger partial charge in [-0.25, -0.2) is 0 Å². The van der Waals surface area contributed by atoms with E-state index in [1.807, 2.05) is 13.8 Å². The SMILES string of the molecule is CC.CN1CCC(CC(=O)N2CCC(C)(C)CC2)CC1. The van der Waals surface area contributed by atoms with E-state index in [-0.39, 0.29) is 0 Å². The third kappa shape index (κ3) is 5.43. The number of piperidine rings is 2. The molecule has 0 N–H and O–H groups in total. The zero-order valence-corrected chi connectivity index (χ0v) is 14.2. The molecule has 0 unspecified atom stereocenters. The van der Waals surface area contributed by atoms with Gasteiger partial charge in [0, 0.05) is 19.5 Å². The van der Waals surface area contributed by atoms with Crippen LogP contribution in [-0.4, -0.2) is 48.9 Å². The molecule has 20 heavy (non-hydrogen) atoms. The van der Waals surface area contributed by atoms with E-state index < -0.39 is 0 Å². The number of likely N-dealkylation sites (tertiary alicyclic amines) is 2. The van der Waals surface area contributed by atoms with Crippen molar-refractivity contribution in [3.63, 3.8) is 0 Å². The summed E-state index contributed by atoms with van der Waals surface area (Å²) in [5, 5.41) is 0. The molecule has 3 heteroatoms. The zero-order chi connectivity index (χ0) is 15.2. The summed E-state index contributed by atoms with van der Waals surface area (Å²) >= 11 is 0. The second-order valence-corrected chi connectivity index (χ2v) is 7.00. The van der Waals surface area contributed by atoms with Gasteiger partial charge in [0.1, 0.15) is 0 Å². The maximum absolute atomic E-state index is 12.3. The fraction of sp³-hybridized carbons (Fsp3) is 0.941. The lowest BCUT2D eigenvalue weighted by Gasteiger charge is -2.38. The summed E-state index contributed by atoms with van der Waals surface area (Å²) < 4.78 is 0. The van der Waals surface area contributed by atoms with Gasteiger partial charge in [0.05, 0.1) is 0 Å². The van der Waals surface area contributed by atoms with E-state index in [9.17, 15) is 4.79 Å². The molecule has 0 spiro atoms. The Hall–Kier alpha value is -0.570. The number of nitrogens with zero attached hydrogens (tertiary/aromatic N) is 2. The molecule has 118 valence electrons. The van der Waals surface area contributed by atoms with Gasteiger partial charge in [-0.15, -0.1) is 0 Å². The monoisotopic (exact) mass is 282 g/mol. The van der Waals surface area contributed by atoms with Gasteiger partial charge in [-0.3, -0.25) is 4.79 Å². The Kier molecular flexibility index (Phi) is 7.01. The van der Waals surface area contributed by atoms with Crippen LogP contribution in [0.2, 0.25) is 0 Å². The Morgan fingerprint density at radius 2 is 1.55 bits per heavy atom. The molecular formula is C17H34N2O. The number of rotatable bonds is 2. The zero-order valence-electron chi connectivity index (χ0n) is 14.2. The molecule has 2 heterocycles. The van der Waals surface area contributed by atoms with Gasteiger partial charge in [0.25, 0.3) is 0 Å². The molecule has 0 aromatic heterocycles. The maximum atomic E-state index is 12.3. The van der Waals surface area contributed by atoms with E-state index in [1.165, 1.54) is 12.8 Å². The topological polar surface area (TPSA) is 23.6 Å². The minimum Gasteiger partial charge on any atom is -0.343 e. The Morgan fingerprint density at radius 1 is 1.05 bits per heavy atom. The van der Waals surface area contributed by atoms with Crippen LogP contribution in [-0.2, 0) is 4.79 Å². The van der Waals surface area contributed by atoms with Gasteiger partial charge in [0.15, 0.2) is 0 Å². The maximum Gasteiger partial charge on any atom is 0.222 e. The molecule has 2 aliphatic rings. The van der Waals surface area contributed by atoms with Crippen molar-refractivity contribution in [2.45, 2.75) is 59.8 Å². The van der Waals surface area contributed by atoms with Crippen LogP contribution >= 0.6 is 0 Å². The first-order valence-corrected chi connectivity index (χ1v) is 8.43. The third-order valence-electron chi connectivity index (χ3n) is 4.77. The van der Waals surface area contributed by atoms with E-state index >= 15 is 0 Å². The summed E-state index contributed by atoms with van der Waals surface area (Å²) in [4.78, 5) is 16.7. The molecule has 3 nitrogen and oxygen atoms in total. The third-order valence-corrected chi connectivity index (χ3v) is 4.77. The molecule has 0 bridgehead atoms. The van der Waals surface area contributed by atoms with Gasteiger partial charge in [0.2, 0.25) is 5.91 Å². The highest BCUT2D eigenvalue weighted by Crippen LogP contribution is 2.30. The minimum absolute atomic E-state index is 0.403. The lowest BCUT2D eigenvalue weighted by atomic mass is 9.82. The van der Waals surface area contributed by atoms with Crippen LogP contribution < -0.4 is 0 Å². The van der Waals surface area contributed by atoms with Crippen LogP contribution in [0.25, 0.3) is 0 Å². The molecule has 2 saturated heterocycles. The van der Waals surface area contributed by atoms with Crippen molar-refractivity contribution < 1.29 is 4.79 Å². The van der Waals surface area contributed by atoms with Crippen molar-refractivity contribution >= 4 is 5.91 Å². The van der Waals surface area contributed by atoms with E-state index in [2.05, 4.69) is 30.7 Å². The normalized spacial score (nSPS) is 23.9. The Labute approximate surface area is 125 Å². The van der Waals surface area contributed by atoms with Gasteiger partial charge in [-0.1, -0.05) is 27.7 Å². The summed E-state index contributed by atoms with van der Waals surface area (Å²) in [6, 6.07) is 0. The Bertz CT molecular complexity index is 283. The van der Waals surface area contributed by atoms with Crippen molar-refractivity contribution in [2.75, 3.05) is 33.2 Å². The molecule has 2 rings (SSSR count). The summed E-state index contributed by atoms with van der Waals surface area (Å²) in [6.07, 6.45) is 5.50. The van der Waals surface area contributed by atoms with Crippen molar-refractivity contribution in [1.29, 1.82) is 0 Å². The van der Waals surface area contributed by atoms with Gasteiger partial charge in [-0.05, 0) is 57.2 Å². The second kappa shape index (κ2) is 8.02. The number of amides is 1. The molecule has 0 radical (unpaired) electrons. The van der Waals surface area contributed by atoms with Crippen LogP contribution in [0.4, 0.5) is 0 Å². The molecule has 0 aliphatic carbocycles. The van der Waals surface area contributed by atoms with Crippen LogP contribution in [0.3, 0.4) is 0 Å². The van der Waals surface area contributed by atoms with E-state index in [1.54, 1.807) is 0 Å². The fourth-order valence-corrected chi connectivity index (χ4v) is 3.00. The summed E-state index contributed by atoms with van der Waals surface area (Å²) in [6.45, 7) is 12.9. The molecule has 2 fully saturated rings. The van der Waals surface area contributed by atoms with E-state index in [0.717, 1.165) is 45.4 Å². The number of carbonyl (C=O) groups is 1. The molecule has 0 saturated carbocycles. The molecule has 0 atom stereocenters. The van der Waals surface area contributed by atoms with Crippen LogP contribution in [0, 0.1) is 11.3 Å². The van der Waals surface area contributed by atoms with Crippen molar-refractivity contribution in [3.05, 3.63) is 0 Å². The van der Waals surface area contributed by atoms with E-state index in [0.29, 0.717) is 17.2 Å². The van der Waals surface area contributed by atoms with Gasteiger partial charge < -0.3 is 9.80 Å². The molecule has 2 aliphatic heterocycles. The largest absolute Gasteiger partial charge is 0.343 e. The minimum atomic E-state index is 0.403. The molecule has 0 aromatic carbocycles. The van der Waals surface area contributed by atoms with Crippen molar-refractivity contribution in [2.24, 2.45) is 11.3 Å². The predicted octanol–water partition coefficient (Wildman–Crippen LogP) is 3.39. The smallest absolute Gasteiger partial charge is 0.222 e. The van der Waals surface area contributed by atoms with Gasteiger partial charge in [-0.2, -0.15) is 0 Å². The first kappa shape index (κ1) is 17.5. The quantitative estimate of drug-likeness (QED) is 0.775. The number of hydrogen-bond donors (Lipinski definition) is 0. The van der Waals surface area contributed by atoms with Crippen LogP contribution in [0.5, 0.6) is 0 Å². The second-order valence-electron chi connectivity index (χ2n) is 7.00. The van der Waals surface area contributed by atoms with Crippen molar-refractivity contribution in [3.8, 4) is 0 Å². The lowest BCUT2D eigenvalue weighted by Crippen LogP contribution is -2.42. The van der Waals surface area contributed by atoms with E-state index in [4.69, 9.17) is 0 Å². The summed E-state index contributed by atoms with van der Waals surface area (Å²) in [5.41, 5.74) is 0.435. The average Bonchev–Trinajstić information content (AvgIpc) is 2.43. The van der Waals surface area contributed by atoms with Crippen LogP contribution in [0.15, 0.2) is 0 Å². The highest BCUT2D eigenvalue weighted by Gasteiger charge is 2.29. The average molecular weight is 282 g/mol. The number of hydrogen-bond acceptors (Lipinski definition) is 2. The van der Waals surface area contributed by atoms with Gasteiger partial charge >= 0.3 is 0 Å². The van der Waals surface area contributed by atoms with Crippen LogP contribution in [0.1, 0.15) is 59.8 Å². The molecular weight excluding hydrogens is 248 g/mol. The van der Waals surface area contributed by atoms with Crippen molar-refractivity contribution in [1.82, 2.24) is 9.80 Å².